The van der Waals surface area contributed by atoms with Gasteiger partial charge in [-0.05, 0) is 120 Å². The lowest BCUT2D eigenvalue weighted by Crippen LogP contribution is -1.96. The molecule has 0 saturated carbocycles. The second kappa shape index (κ2) is 13.6. The molecule has 8 aromatic rings. The number of allylic oxidation sites excluding steroid dienone is 11. The minimum Gasteiger partial charge on any atom is -0.507 e. The number of thioether (sulfide) groups is 1. The van der Waals surface area contributed by atoms with Crippen molar-refractivity contribution in [1.82, 2.24) is 0 Å². The van der Waals surface area contributed by atoms with Gasteiger partial charge in [0.2, 0.25) is 0 Å². The first-order valence-electron chi connectivity index (χ1n) is 18.5. The smallest absolute Gasteiger partial charge is 0.136 e. The van der Waals surface area contributed by atoms with Crippen LogP contribution in [0, 0.1) is 0 Å². The normalized spacial score (nSPS) is 18.9. The summed E-state index contributed by atoms with van der Waals surface area (Å²) in [5.41, 5.74) is 8.98. The molecule has 54 heavy (non-hydrogen) atoms. The molecular formula is C51H36O2S. The molecule has 0 spiro atoms. The Morgan fingerprint density at radius 2 is 1.22 bits per heavy atom. The van der Waals surface area contributed by atoms with Crippen LogP contribution in [-0.4, -0.2) is 5.11 Å². The number of benzene rings is 7. The summed E-state index contributed by atoms with van der Waals surface area (Å²) in [7, 11) is 0. The van der Waals surface area contributed by atoms with Gasteiger partial charge < -0.3 is 9.52 Å². The van der Waals surface area contributed by atoms with Gasteiger partial charge in [0.05, 0.1) is 0 Å². The van der Waals surface area contributed by atoms with Gasteiger partial charge in [-0.1, -0.05) is 145 Å². The first-order chi connectivity index (χ1) is 26.7. The molecule has 1 aliphatic carbocycles. The molecule has 2 heterocycles. The maximum Gasteiger partial charge on any atom is 0.136 e. The van der Waals surface area contributed by atoms with Crippen molar-refractivity contribution in [2.24, 2.45) is 0 Å². The zero-order valence-electron chi connectivity index (χ0n) is 29.6. The number of para-hydroxylation sites is 1. The maximum atomic E-state index is 12.0. The first kappa shape index (κ1) is 32.4. The van der Waals surface area contributed by atoms with Crippen molar-refractivity contribution >= 4 is 82.9 Å². The third-order valence-electron chi connectivity index (χ3n) is 10.7. The van der Waals surface area contributed by atoms with E-state index in [4.69, 9.17) is 4.42 Å². The van der Waals surface area contributed by atoms with Gasteiger partial charge in [0.1, 0.15) is 16.9 Å². The average Bonchev–Trinajstić information content (AvgIpc) is 3.79. The fourth-order valence-electron chi connectivity index (χ4n) is 8.18. The molecule has 0 radical (unpaired) electrons. The van der Waals surface area contributed by atoms with Crippen molar-refractivity contribution in [1.29, 1.82) is 0 Å². The number of hydrogen-bond acceptors (Lipinski definition) is 3. The van der Waals surface area contributed by atoms with Gasteiger partial charge >= 0.3 is 0 Å². The third-order valence-corrected chi connectivity index (χ3v) is 11.9. The average molecular weight is 713 g/mol. The quantitative estimate of drug-likeness (QED) is 0.146. The van der Waals surface area contributed by atoms with E-state index in [1.54, 1.807) is 11.8 Å². The predicted octanol–water partition coefficient (Wildman–Crippen LogP) is 14.5. The van der Waals surface area contributed by atoms with Gasteiger partial charge in [-0.3, -0.25) is 0 Å². The summed E-state index contributed by atoms with van der Waals surface area (Å²) in [5, 5.41) is 21.0. The van der Waals surface area contributed by atoms with E-state index in [1.165, 1.54) is 48.4 Å². The topological polar surface area (TPSA) is 33.4 Å². The maximum absolute atomic E-state index is 12.0. The molecule has 2 nitrogen and oxygen atoms in total. The number of aliphatic hydroxyl groups is 1. The second-order valence-electron chi connectivity index (χ2n) is 14.1. The summed E-state index contributed by atoms with van der Waals surface area (Å²) >= 11 is 1.78. The Morgan fingerprint density at radius 1 is 0.593 bits per heavy atom. The van der Waals surface area contributed by atoms with Crippen molar-refractivity contribution in [2.45, 2.75) is 24.2 Å². The molecule has 1 aromatic heterocycles. The Hall–Kier alpha value is -6.29. The Kier molecular flexibility index (Phi) is 8.15. The van der Waals surface area contributed by atoms with Gasteiger partial charge in [-0.25, -0.2) is 0 Å². The molecule has 0 saturated heterocycles. The summed E-state index contributed by atoms with van der Waals surface area (Å²) < 4.78 is 6.19. The molecule has 258 valence electrons. The Balaban J connectivity index is 1.04. The molecule has 1 N–H and O–H groups in total. The summed E-state index contributed by atoms with van der Waals surface area (Å²) in [6.07, 6.45) is 19.8. The van der Waals surface area contributed by atoms with Crippen molar-refractivity contribution in [3.63, 3.8) is 0 Å². The third kappa shape index (κ3) is 5.78. The van der Waals surface area contributed by atoms with Crippen LogP contribution in [0.3, 0.4) is 0 Å². The van der Waals surface area contributed by atoms with Crippen molar-refractivity contribution in [3.05, 3.63) is 203 Å². The van der Waals surface area contributed by atoms with Crippen LogP contribution in [0.25, 0.3) is 71.2 Å². The lowest BCUT2D eigenvalue weighted by atomic mass is 9.86. The minimum atomic E-state index is 0.270. The van der Waals surface area contributed by atoms with Gasteiger partial charge in [0, 0.05) is 27.7 Å². The van der Waals surface area contributed by atoms with Gasteiger partial charge in [0.25, 0.3) is 0 Å². The van der Waals surface area contributed by atoms with E-state index in [1.807, 2.05) is 18.2 Å². The monoisotopic (exact) mass is 712 g/mol. The fourth-order valence-corrected chi connectivity index (χ4v) is 9.27. The zero-order valence-corrected chi connectivity index (χ0v) is 30.4. The van der Waals surface area contributed by atoms with Gasteiger partial charge in [0.15, 0.2) is 0 Å². The summed E-state index contributed by atoms with van der Waals surface area (Å²) in [6.45, 7) is 0. The van der Waals surface area contributed by atoms with Gasteiger partial charge in [-0.2, -0.15) is 0 Å². The van der Waals surface area contributed by atoms with Crippen molar-refractivity contribution in [2.75, 3.05) is 0 Å². The molecule has 1 aliphatic heterocycles. The number of hydrogen-bond donors (Lipinski definition) is 1. The summed E-state index contributed by atoms with van der Waals surface area (Å²) in [6, 6.07) is 45.0. The van der Waals surface area contributed by atoms with Crippen LogP contribution < -0.4 is 0 Å². The van der Waals surface area contributed by atoms with Crippen molar-refractivity contribution in [3.8, 4) is 0 Å². The van der Waals surface area contributed by atoms with E-state index >= 15 is 0 Å². The molecule has 3 heteroatoms. The van der Waals surface area contributed by atoms with Gasteiger partial charge in [-0.15, -0.1) is 0 Å². The van der Waals surface area contributed by atoms with Crippen LogP contribution in [0.4, 0.5) is 0 Å². The summed E-state index contributed by atoms with van der Waals surface area (Å²) in [5.74, 6) is 0.270. The van der Waals surface area contributed by atoms with Crippen LogP contribution >= 0.6 is 11.8 Å². The SMILES string of the molecule is O/C(=C\C=C1/Cc2cc3cc4c(cc3cc2S1)oc1ccccc14)c1c2ccccc2c(/C2=C/C=C(/c3ccccc3)C/C=C\C=C/C2)c2ccccc12. The van der Waals surface area contributed by atoms with E-state index in [2.05, 4.69) is 158 Å². The molecule has 0 amide bonds. The number of rotatable bonds is 4. The van der Waals surface area contributed by atoms with E-state index in [9.17, 15) is 5.11 Å². The van der Waals surface area contributed by atoms with Crippen LogP contribution in [0.5, 0.6) is 0 Å². The lowest BCUT2D eigenvalue weighted by molar-refractivity contribution is 0.513. The van der Waals surface area contributed by atoms with Crippen LogP contribution in [0.2, 0.25) is 0 Å². The van der Waals surface area contributed by atoms with E-state index in [0.717, 1.165) is 68.3 Å². The molecule has 7 aromatic carbocycles. The highest BCUT2D eigenvalue weighted by molar-refractivity contribution is 8.03. The minimum absolute atomic E-state index is 0.270. The zero-order chi connectivity index (χ0) is 36.0. The highest BCUT2D eigenvalue weighted by atomic mass is 32.2. The van der Waals surface area contributed by atoms with Crippen LogP contribution in [-0.2, 0) is 6.42 Å². The Labute approximate surface area is 318 Å². The van der Waals surface area contributed by atoms with E-state index < -0.39 is 0 Å². The molecule has 0 bridgehead atoms. The largest absolute Gasteiger partial charge is 0.507 e. The first-order valence-corrected chi connectivity index (χ1v) is 19.4. The molecular weight excluding hydrogens is 677 g/mol. The lowest BCUT2D eigenvalue weighted by Gasteiger charge is -2.18. The molecule has 2 aliphatic rings. The predicted molar refractivity (Wildman–Crippen MR) is 231 cm³/mol. The van der Waals surface area contributed by atoms with Crippen molar-refractivity contribution < 1.29 is 9.52 Å². The fraction of sp³-hybridized carbons (Fsp3) is 0.0588. The molecule has 0 unspecified atom stereocenters. The highest BCUT2D eigenvalue weighted by Crippen LogP contribution is 2.44. The second-order valence-corrected chi connectivity index (χ2v) is 15.2. The standard InChI is InChI=1S/C51H36O2S/c52-46(27-26-39-29-38-28-36-30-45-40-18-12-13-23-47(40)53-48(45)31-37(36)32-49(38)54-39)51-43-21-10-8-19-41(43)50(42-20-9-11-22-44(42)51)35-17-5-2-1-4-16-34(24-25-35)33-14-6-3-7-15-33/h1-15,18-28,30-32,52H,16-17,29H2/b4-1-,5-2-,34-24+,35-25+,39-26+,46-27-. The number of aliphatic hydroxyl groups excluding tert-OH is 1. The molecule has 0 atom stereocenters. The summed E-state index contributed by atoms with van der Waals surface area (Å²) in [4.78, 5) is 2.46. The highest BCUT2D eigenvalue weighted by Gasteiger charge is 2.20. The molecule has 0 fully saturated rings. The Morgan fingerprint density at radius 3 is 1.98 bits per heavy atom. The van der Waals surface area contributed by atoms with Crippen LogP contribution in [0.15, 0.2) is 190 Å². The van der Waals surface area contributed by atoms with Crippen LogP contribution in [0.1, 0.15) is 35.1 Å². The Bertz CT molecular complexity index is 2930. The number of furan rings is 1. The van der Waals surface area contributed by atoms with E-state index in [0.29, 0.717) is 0 Å². The number of fused-ring (bicyclic) bond motifs is 7. The molecule has 10 rings (SSSR count). The van der Waals surface area contributed by atoms with E-state index in [-0.39, 0.29) is 5.76 Å².